The van der Waals surface area contributed by atoms with Crippen molar-refractivity contribution in [3.8, 4) is 5.69 Å². The molecule has 0 unspecified atom stereocenters. The fraction of sp³-hybridized carbons (Fsp3) is 0.105. The lowest BCUT2D eigenvalue weighted by atomic mass is 10.2. The number of anilines is 1. The van der Waals surface area contributed by atoms with Crippen LogP contribution >= 0.6 is 11.3 Å². The van der Waals surface area contributed by atoms with Gasteiger partial charge in [-0.15, -0.1) is 11.3 Å². The highest BCUT2D eigenvalue weighted by molar-refractivity contribution is 7.18. The van der Waals surface area contributed by atoms with E-state index in [1.54, 1.807) is 36.4 Å². The molecule has 0 radical (unpaired) electrons. The van der Waals surface area contributed by atoms with Crippen LogP contribution in [0.4, 0.5) is 18.9 Å². The van der Waals surface area contributed by atoms with Gasteiger partial charge in [-0.2, -0.15) is 18.3 Å². The Morgan fingerprint density at radius 1 is 1.11 bits per heavy atom. The Bertz CT molecular complexity index is 1170. The van der Waals surface area contributed by atoms with Crippen molar-refractivity contribution < 1.29 is 18.0 Å². The van der Waals surface area contributed by atoms with Gasteiger partial charge in [0.05, 0.1) is 20.9 Å². The maximum Gasteiger partial charge on any atom is 0.433 e. The standard InChI is InChI=1S/C19H13F3N4OS/c1-11-23-14-9-12(7-8-16(14)28-11)24-18(27)15-10-17(19(20,21)22)26(25-15)13-5-3-2-4-6-13/h2-10H,1H3,(H,24,27). The predicted octanol–water partition coefficient (Wildman–Crippen LogP) is 5.06. The monoisotopic (exact) mass is 402 g/mol. The Morgan fingerprint density at radius 3 is 2.57 bits per heavy atom. The maximum atomic E-state index is 13.4. The molecule has 2 aromatic heterocycles. The van der Waals surface area contributed by atoms with E-state index in [1.165, 1.54) is 23.5 Å². The lowest BCUT2D eigenvalue weighted by Crippen LogP contribution is -2.14. The number of hydrogen-bond donors (Lipinski definition) is 1. The van der Waals surface area contributed by atoms with Crippen LogP contribution in [0, 0.1) is 6.92 Å². The summed E-state index contributed by atoms with van der Waals surface area (Å²) in [5, 5.41) is 7.35. The van der Waals surface area contributed by atoms with Gasteiger partial charge in [0, 0.05) is 11.8 Å². The zero-order valence-electron chi connectivity index (χ0n) is 14.5. The molecular formula is C19H13F3N4OS. The lowest BCUT2D eigenvalue weighted by molar-refractivity contribution is -0.142. The van der Waals surface area contributed by atoms with Gasteiger partial charge >= 0.3 is 6.18 Å². The average molecular weight is 402 g/mol. The van der Waals surface area contributed by atoms with Crippen LogP contribution in [0.3, 0.4) is 0 Å². The minimum absolute atomic E-state index is 0.216. The molecule has 0 saturated carbocycles. The molecule has 0 spiro atoms. The van der Waals surface area contributed by atoms with E-state index in [1.807, 2.05) is 6.92 Å². The molecule has 9 heteroatoms. The van der Waals surface area contributed by atoms with E-state index in [4.69, 9.17) is 0 Å². The molecule has 2 aromatic carbocycles. The molecule has 5 nitrogen and oxygen atoms in total. The maximum absolute atomic E-state index is 13.4. The van der Waals surface area contributed by atoms with Gasteiger partial charge in [0.15, 0.2) is 5.69 Å². The number of halogens is 3. The summed E-state index contributed by atoms with van der Waals surface area (Å²) in [4.78, 5) is 16.8. The second-order valence-corrected chi connectivity index (χ2v) is 7.26. The van der Waals surface area contributed by atoms with Gasteiger partial charge in [-0.05, 0) is 37.3 Å². The number of rotatable bonds is 3. The van der Waals surface area contributed by atoms with Crippen LogP contribution in [0.5, 0.6) is 0 Å². The highest BCUT2D eigenvalue weighted by Gasteiger charge is 2.37. The number of thiazole rings is 1. The summed E-state index contributed by atoms with van der Waals surface area (Å²) >= 11 is 1.52. The zero-order chi connectivity index (χ0) is 19.9. The van der Waals surface area contributed by atoms with E-state index in [-0.39, 0.29) is 11.4 Å². The molecular weight excluding hydrogens is 389 g/mol. The summed E-state index contributed by atoms with van der Waals surface area (Å²) in [6.07, 6.45) is -4.65. The van der Waals surface area contributed by atoms with Crippen molar-refractivity contribution in [2.45, 2.75) is 13.1 Å². The third-order valence-corrected chi connectivity index (χ3v) is 4.94. The molecule has 142 valence electrons. The van der Waals surface area contributed by atoms with Crippen LogP contribution < -0.4 is 5.32 Å². The lowest BCUT2D eigenvalue weighted by Gasteiger charge is -2.09. The first-order valence-corrected chi connectivity index (χ1v) is 9.04. The largest absolute Gasteiger partial charge is 0.433 e. The van der Waals surface area contributed by atoms with Crippen LogP contribution in [-0.2, 0) is 6.18 Å². The Kier molecular flexibility index (Phi) is 4.38. The van der Waals surface area contributed by atoms with E-state index in [2.05, 4.69) is 15.4 Å². The molecule has 0 bridgehead atoms. The van der Waals surface area contributed by atoms with Gasteiger partial charge in [-0.3, -0.25) is 4.79 Å². The summed E-state index contributed by atoms with van der Waals surface area (Å²) in [6.45, 7) is 1.87. The molecule has 0 aliphatic heterocycles. The summed E-state index contributed by atoms with van der Waals surface area (Å²) in [6, 6.07) is 13.8. The molecule has 0 fully saturated rings. The molecule has 28 heavy (non-hydrogen) atoms. The number of carbonyl (C=O) groups excluding carboxylic acids is 1. The summed E-state index contributed by atoms with van der Waals surface area (Å²) in [5.41, 5.74) is 0.0186. The van der Waals surface area contributed by atoms with E-state index < -0.39 is 17.8 Å². The quantitative estimate of drug-likeness (QED) is 0.521. The Hall–Kier alpha value is -3.20. The highest BCUT2D eigenvalue weighted by atomic mass is 32.1. The molecule has 0 saturated heterocycles. The van der Waals surface area contributed by atoms with Crippen molar-refractivity contribution in [2.24, 2.45) is 0 Å². The first kappa shape index (κ1) is 18.2. The number of amides is 1. The van der Waals surface area contributed by atoms with Crippen molar-refractivity contribution in [3.05, 3.63) is 71.0 Å². The number of carbonyl (C=O) groups is 1. The van der Waals surface area contributed by atoms with Gasteiger partial charge in [-0.25, -0.2) is 9.67 Å². The number of nitrogens with one attached hydrogen (secondary N) is 1. The van der Waals surface area contributed by atoms with Crippen LogP contribution in [-0.4, -0.2) is 20.7 Å². The molecule has 4 rings (SSSR count). The van der Waals surface area contributed by atoms with Crippen LogP contribution in [0.2, 0.25) is 0 Å². The normalized spacial score (nSPS) is 11.7. The van der Waals surface area contributed by atoms with Crippen LogP contribution in [0.1, 0.15) is 21.2 Å². The predicted molar refractivity (Wildman–Crippen MR) is 101 cm³/mol. The number of nitrogens with zero attached hydrogens (tertiary/aromatic N) is 3. The fourth-order valence-corrected chi connectivity index (χ4v) is 3.58. The molecule has 1 N–H and O–H groups in total. The number of hydrogen-bond acceptors (Lipinski definition) is 4. The number of para-hydroxylation sites is 1. The second-order valence-electron chi connectivity index (χ2n) is 6.03. The van der Waals surface area contributed by atoms with Gasteiger partial charge in [0.25, 0.3) is 5.91 Å². The van der Waals surface area contributed by atoms with Crippen LogP contribution in [0.25, 0.3) is 15.9 Å². The fourth-order valence-electron chi connectivity index (χ4n) is 2.78. The third kappa shape index (κ3) is 3.48. The number of alkyl halides is 3. The van der Waals surface area contributed by atoms with Gasteiger partial charge in [-0.1, -0.05) is 18.2 Å². The molecule has 0 aliphatic rings. The molecule has 0 atom stereocenters. The van der Waals surface area contributed by atoms with Crippen molar-refractivity contribution in [1.82, 2.24) is 14.8 Å². The zero-order valence-corrected chi connectivity index (χ0v) is 15.3. The first-order valence-electron chi connectivity index (χ1n) is 8.22. The SMILES string of the molecule is Cc1nc2cc(NC(=O)c3cc(C(F)(F)F)n(-c4ccccc4)n3)ccc2s1. The first-order chi connectivity index (χ1) is 13.3. The minimum atomic E-state index is -4.65. The average Bonchev–Trinajstić information content (AvgIpc) is 3.25. The Morgan fingerprint density at radius 2 is 1.86 bits per heavy atom. The van der Waals surface area contributed by atoms with E-state index in [9.17, 15) is 18.0 Å². The van der Waals surface area contributed by atoms with E-state index in [0.29, 0.717) is 11.2 Å². The van der Waals surface area contributed by atoms with Gasteiger partial charge < -0.3 is 5.32 Å². The number of benzene rings is 2. The number of aromatic nitrogens is 3. The van der Waals surface area contributed by atoms with Gasteiger partial charge in [0.2, 0.25) is 0 Å². The van der Waals surface area contributed by atoms with Crippen molar-refractivity contribution in [2.75, 3.05) is 5.32 Å². The topological polar surface area (TPSA) is 59.8 Å². The smallest absolute Gasteiger partial charge is 0.321 e. The summed E-state index contributed by atoms with van der Waals surface area (Å²) in [7, 11) is 0. The third-order valence-electron chi connectivity index (χ3n) is 3.99. The summed E-state index contributed by atoms with van der Waals surface area (Å²) in [5.74, 6) is -0.730. The van der Waals surface area contributed by atoms with E-state index in [0.717, 1.165) is 20.5 Å². The van der Waals surface area contributed by atoms with E-state index >= 15 is 0 Å². The number of fused-ring (bicyclic) bond motifs is 1. The minimum Gasteiger partial charge on any atom is -0.321 e. The molecule has 2 heterocycles. The second kappa shape index (κ2) is 6.75. The van der Waals surface area contributed by atoms with Crippen LogP contribution in [0.15, 0.2) is 54.6 Å². The summed E-state index contributed by atoms with van der Waals surface area (Å²) < 4.78 is 41.9. The molecule has 0 aliphatic carbocycles. The molecule has 1 amide bonds. The number of aryl methyl sites for hydroxylation is 1. The van der Waals surface area contributed by atoms with Crippen molar-refractivity contribution in [1.29, 1.82) is 0 Å². The Labute approximate surface area is 161 Å². The van der Waals surface area contributed by atoms with Gasteiger partial charge in [0.1, 0.15) is 5.69 Å². The molecule has 4 aromatic rings. The van der Waals surface area contributed by atoms with Crippen molar-refractivity contribution in [3.63, 3.8) is 0 Å². The highest BCUT2D eigenvalue weighted by Crippen LogP contribution is 2.32. The van der Waals surface area contributed by atoms with Crippen molar-refractivity contribution >= 4 is 33.1 Å². The Balaban J connectivity index is 1.67.